The van der Waals surface area contributed by atoms with Gasteiger partial charge in [0.15, 0.2) is 0 Å². The van der Waals surface area contributed by atoms with E-state index in [1.54, 1.807) is 13.8 Å². The summed E-state index contributed by atoms with van der Waals surface area (Å²) in [5.74, 6) is -3.27. The van der Waals surface area contributed by atoms with Crippen LogP contribution in [0.15, 0.2) is 0 Å². The zero-order chi connectivity index (χ0) is 18.9. The summed E-state index contributed by atoms with van der Waals surface area (Å²) in [4.78, 5) is 46.2. The highest BCUT2D eigenvalue weighted by atomic mass is 32.1. The second-order valence-corrected chi connectivity index (χ2v) is 6.10. The fourth-order valence-corrected chi connectivity index (χ4v) is 1.99. The van der Waals surface area contributed by atoms with Crippen molar-refractivity contribution in [2.24, 2.45) is 11.7 Å². The number of nitrogens with two attached hydrogens (primary N) is 1. The van der Waals surface area contributed by atoms with E-state index in [1.165, 1.54) is 0 Å². The highest BCUT2D eigenvalue weighted by Crippen LogP contribution is 1.97. The molecule has 0 aliphatic rings. The van der Waals surface area contributed by atoms with Crippen molar-refractivity contribution >= 4 is 48.9 Å². The fourth-order valence-electron chi connectivity index (χ4n) is 1.49. The van der Waals surface area contributed by atoms with Crippen LogP contribution in [0.2, 0.25) is 0 Å². The van der Waals surface area contributed by atoms with E-state index in [-0.39, 0.29) is 24.0 Å². The fraction of sp³-hybridized carbons (Fsp3) is 0.692. The van der Waals surface area contributed by atoms with Crippen LogP contribution in [0.3, 0.4) is 0 Å². The van der Waals surface area contributed by atoms with Gasteiger partial charge in [-0.25, -0.2) is 4.79 Å². The molecule has 6 N–H and O–H groups in total. The highest BCUT2D eigenvalue weighted by Gasteiger charge is 2.25. The molecule has 0 heterocycles. The largest absolute Gasteiger partial charge is 0.480 e. The van der Waals surface area contributed by atoms with Gasteiger partial charge in [-0.15, -0.1) is 0 Å². The van der Waals surface area contributed by atoms with Gasteiger partial charge in [-0.2, -0.15) is 25.3 Å². The maximum Gasteiger partial charge on any atom is 0.327 e. The maximum atomic E-state index is 11.9. The minimum atomic E-state index is -1.24. The first-order valence-electron chi connectivity index (χ1n) is 7.21. The summed E-state index contributed by atoms with van der Waals surface area (Å²) in [6.45, 7) is 3.18. The first-order valence-corrected chi connectivity index (χ1v) is 8.48. The summed E-state index contributed by atoms with van der Waals surface area (Å²) in [5.41, 5.74) is 5.64. The van der Waals surface area contributed by atoms with Crippen LogP contribution in [0.1, 0.15) is 13.8 Å². The standard InChI is InChI=1S/C13H24N4O5S2/c1-6(2)10(14)12(20)15-3-9(18)16-7(4-23)11(19)17-8(5-24)13(21)22/h6-8,10,23-24H,3-5,14H2,1-2H3,(H,15,20)(H,16,18)(H,17,19)(H,21,22). The molecule has 0 spiro atoms. The highest BCUT2D eigenvalue weighted by molar-refractivity contribution is 7.80. The monoisotopic (exact) mass is 380 g/mol. The Kier molecular flexibility index (Phi) is 10.5. The number of hydrogen-bond acceptors (Lipinski definition) is 7. The number of aliphatic carboxylic acids is 1. The van der Waals surface area contributed by atoms with Crippen LogP contribution in [0, 0.1) is 5.92 Å². The molecule has 9 nitrogen and oxygen atoms in total. The molecule has 0 radical (unpaired) electrons. The second-order valence-electron chi connectivity index (χ2n) is 5.37. The number of rotatable bonds is 10. The minimum absolute atomic E-state index is 0.0457. The van der Waals surface area contributed by atoms with Crippen molar-refractivity contribution in [1.82, 2.24) is 16.0 Å². The predicted octanol–water partition coefficient (Wildman–Crippen LogP) is -2.00. The number of thiol groups is 2. The van der Waals surface area contributed by atoms with Gasteiger partial charge in [-0.1, -0.05) is 13.8 Å². The first kappa shape index (κ1) is 22.5. The molecule has 0 aromatic heterocycles. The molecular formula is C13H24N4O5S2. The quantitative estimate of drug-likeness (QED) is 0.218. The Balaban J connectivity index is 4.50. The maximum absolute atomic E-state index is 11.9. The molecule has 0 saturated heterocycles. The zero-order valence-corrected chi connectivity index (χ0v) is 15.3. The van der Waals surface area contributed by atoms with Gasteiger partial charge >= 0.3 is 5.97 Å². The van der Waals surface area contributed by atoms with E-state index in [1.807, 2.05) is 0 Å². The van der Waals surface area contributed by atoms with Crippen molar-refractivity contribution in [1.29, 1.82) is 0 Å². The van der Waals surface area contributed by atoms with Crippen molar-refractivity contribution in [3.63, 3.8) is 0 Å². The molecule has 0 aromatic rings. The number of carboxylic acid groups (broad SMARTS) is 1. The summed E-state index contributed by atoms with van der Waals surface area (Å²) < 4.78 is 0. The Labute approximate surface area is 151 Å². The van der Waals surface area contributed by atoms with E-state index in [0.717, 1.165) is 0 Å². The summed E-state index contributed by atoms with van der Waals surface area (Å²) in [7, 11) is 0. The first-order chi connectivity index (χ1) is 11.1. The summed E-state index contributed by atoms with van der Waals surface area (Å²) in [6.07, 6.45) is 0. The van der Waals surface area contributed by atoms with Crippen LogP contribution in [-0.2, 0) is 19.2 Å². The Bertz CT molecular complexity index is 475. The molecule has 0 rings (SSSR count). The minimum Gasteiger partial charge on any atom is -0.480 e. The molecule has 138 valence electrons. The number of carbonyl (C=O) groups excluding carboxylic acids is 3. The molecular weight excluding hydrogens is 356 g/mol. The number of carboxylic acids is 1. The van der Waals surface area contributed by atoms with Crippen LogP contribution >= 0.6 is 25.3 Å². The molecule has 3 unspecified atom stereocenters. The second kappa shape index (κ2) is 11.2. The van der Waals surface area contributed by atoms with E-state index in [4.69, 9.17) is 10.8 Å². The molecule has 0 aliphatic heterocycles. The van der Waals surface area contributed by atoms with Gasteiger partial charge in [-0.3, -0.25) is 14.4 Å². The predicted molar refractivity (Wildman–Crippen MR) is 95.0 cm³/mol. The lowest BCUT2D eigenvalue weighted by molar-refractivity contribution is -0.141. The lowest BCUT2D eigenvalue weighted by Gasteiger charge is -2.20. The lowest BCUT2D eigenvalue weighted by Crippen LogP contribution is -2.55. The van der Waals surface area contributed by atoms with Crippen molar-refractivity contribution in [3.8, 4) is 0 Å². The molecule has 0 fully saturated rings. The third kappa shape index (κ3) is 7.88. The Morgan fingerprint density at radius 2 is 1.54 bits per heavy atom. The zero-order valence-electron chi connectivity index (χ0n) is 13.5. The van der Waals surface area contributed by atoms with Gasteiger partial charge in [0.2, 0.25) is 17.7 Å². The van der Waals surface area contributed by atoms with Crippen LogP contribution in [0.4, 0.5) is 0 Å². The number of nitrogens with one attached hydrogen (secondary N) is 3. The third-order valence-corrected chi connectivity index (χ3v) is 3.81. The van der Waals surface area contributed by atoms with Gasteiger partial charge in [0.05, 0.1) is 12.6 Å². The lowest BCUT2D eigenvalue weighted by atomic mass is 10.1. The Hall–Kier alpha value is -1.46. The molecule has 11 heteroatoms. The molecule has 3 amide bonds. The van der Waals surface area contributed by atoms with E-state index in [9.17, 15) is 19.2 Å². The molecule has 0 aliphatic carbocycles. The molecule has 0 saturated carbocycles. The van der Waals surface area contributed by atoms with E-state index >= 15 is 0 Å². The van der Waals surface area contributed by atoms with Crippen molar-refractivity contribution in [2.75, 3.05) is 18.1 Å². The third-order valence-electron chi connectivity index (χ3n) is 3.08. The van der Waals surface area contributed by atoms with Gasteiger partial charge in [0.1, 0.15) is 12.1 Å². The number of carbonyl (C=O) groups is 4. The van der Waals surface area contributed by atoms with Crippen molar-refractivity contribution < 1.29 is 24.3 Å². The van der Waals surface area contributed by atoms with E-state index in [2.05, 4.69) is 41.2 Å². The van der Waals surface area contributed by atoms with Crippen LogP contribution in [-0.4, -0.2) is 65.0 Å². The van der Waals surface area contributed by atoms with Crippen LogP contribution in [0.5, 0.6) is 0 Å². The number of hydrogen-bond donors (Lipinski definition) is 7. The topological polar surface area (TPSA) is 151 Å². The summed E-state index contributed by atoms with van der Waals surface area (Å²) in [5, 5.41) is 15.8. The molecule has 24 heavy (non-hydrogen) atoms. The molecule has 0 aromatic carbocycles. The van der Waals surface area contributed by atoms with Crippen molar-refractivity contribution in [3.05, 3.63) is 0 Å². The van der Waals surface area contributed by atoms with Gasteiger partial charge in [0, 0.05) is 11.5 Å². The van der Waals surface area contributed by atoms with E-state index < -0.39 is 41.8 Å². The normalized spacial score (nSPS) is 14.4. The average Bonchev–Trinajstić information content (AvgIpc) is 2.53. The van der Waals surface area contributed by atoms with Crippen LogP contribution < -0.4 is 21.7 Å². The summed E-state index contributed by atoms with van der Waals surface area (Å²) >= 11 is 7.78. The number of amides is 3. The van der Waals surface area contributed by atoms with Crippen molar-refractivity contribution in [2.45, 2.75) is 32.0 Å². The van der Waals surface area contributed by atoms with E-state index in [0.29, 0.717) is 0 Å². The van der Waals surface area contributed by atoms with Gasteiger partial charge < -0.3 is 26.8 Å². The van der Waals surface area contributed by atoms with Gasteiger partial charge in [0.25, 0.3) is 0 Å². The Morgan fingerprint density at radius 1 is 1.00 bits per heavy atom. The molecule has 3 atom stereocenters. The Morgan fingerprint density at radius 3 is 1.96 bits per heavy atom. The smallest absolute Gasteiger partial charge is 0.327 e. The van der Waals surface area contributed by atoms with Gasteiger partial charge in [-0.05, 0) is 5.92 Å². The molecule has 0 bridgehead atoms. The van der Waals surface area contributed by atoms with Crippen LogP contribution in [0.25, 0.3) is 0 Å². The average molecular weight is 380 g/mol. The SMILES string of the molecule is CC(C)C(N)C(=O)NCC(=O)NC(CS)C(=O)NC(CS)C(=O)O. The summed E-state index contributed by atoms with van der Waals surface area (Å²) in [6, 6.07) is -2.96.